The van der Waals surface area contributed by atoms with E-state index in [4.69, 9.17) is 33.2 Å². The Kier molecular flexibility index (Phi) is 18.1. The van der Waals surface area contributed by atoms with Crippen molar-refractivity contribution < 1.29 is 86.5 Å². The van der Waals surface area contributed by atoms with Crippen molar-refractivity contribution in [3.63, 3.8) is 0 Å². The van der Waals surface area contributed by atoms with E-state index >= 15 is 4.79 Å². The highest BCUT2D eigenvalue weighted by Crippen LogP contribution is 2.65. The average Bonchev–Trinajstić information content (AvgIpc) is 3.57. The van der Waals surface area contributed by atoms with Crippen molar-refractivity contribution in [3.05, 3.63) is 119 Å². The molecule has 4 aliphatic rings. The lowest BCUT2D eigenvalue weighted by atomic mass is 9.44. The summed E-state index contributed by atoms with van der Waals surface area (Å²) >= 11 is 0. The Hall–Kier alpha value is -6.59. The molecule has 1 unspecified atom stereocenters. The number of benzene rings is 3. The van der Waals surface area contributed by atoms with Crippen LogP contribution in [-0.4, -0.2) is 143 Å². The van der Waals surface area contributed by atoms with E-state index in [1.165, 1.54) is 68.3 Å². The predicted octanol–water partition coefficient (Wildman–Crippen LogP) is 4.98. The third-order valence-corrected chi connectivity index (χ3v) is 17.4. The summed E-state index contributed by atoms with van der Waals surface area (Å²) < 4.78 is 42.5. The van der Waals surface area contributed by atoms with Crippen molar-refractivity contribution in [3.8, 4) is 0 Å². The molecule has 412 valence electrons. The first-order chi connectivity index (χ1) is 36.5. The van der Waals surface area contributed by atoms with Gasteiger partial charge in [-0.1, -0.05) is 102 Å². The van der Waals surface area contributed by atoms with E-state index in [0.717, 1.165) is 13.8 Å². The van der Waals surface area contributed by atoms with Crippen LogP contribution in [0.3, 0.4) is 0 Å². The van der Waals surface area contributed by atoms with E-state index in [1.807, 2.05) is 0 Å². The van der Waals surface area contributed by atoms with Gasteiger partial charge in [0.25, 0.3) is 5.91 Å². The number of aldehydes is 1. The molecule has 12 atom stereocenters. The largest absolute Gasteiger partial charge is 0.508 e. The Bertz CT molecular complexity index is 2760. The zero-order valence-electron chi connectivity index (χ0n) is 43.4. The molecule has 20 nitrogen and oxygen atoms in total. The second-order valence-electron chi connectivity index (χ2n) is 20.1. The zero-order valence-corrected chi connectivity index (χ0v) is 45.1. The number of carbonyl (C=O) groups is 9. The minimum Gasteiger partial charge on any atom is -0.456 e. The average molecular weight is 1100 g/mol. The van der Waals surface area contributed by atoms with E-state index in [1.54, 1.807) is 78.9 Å². The highest BCUT2D eigenvalue weighted by Gasteiger charge is 2.79. The topological polar surface area (TPSA) is 283 Å². The van der Waals surface area contributed by atoms with Gasteiger partial charge in [-0.25, -0.2) is 14.4 Å². The van der Waals surface area contributed by atoms with Gasteiger partial charge in [0.05, 0.1) is 35.6 Å². The molecule has 22 heteroatoms. The lowest BCUT2D eigenvalue weighted by Crippen LogP contribution is -2.82. The van der Waals surface area contributed by atoms with Gasteiger partial charge in [-0.05, 0) is 54.8 Å². The van der Waals surface area contributed by atoms with Gasteiger partial charge in [-0.2, -0.15) is 0 Å². The smallest absolute Gasteiger partial charge is 0.456 e. The maximum Gasteiger partial charge on any atom is 0.508 e. The number of aliphatic hydroxyl groups excluding tert-OH is 1. The van der Waals surface area contributed by atoms with Crippen molar-refractivity contribution in [2.75, 3.05) is 24.7 Å². The van der Waals surface area contributed by atoms with Gasteiger partial charge < -0.3 is 58.8 Å². The van der Waals surface area contributed by atoms with Crippen molar-refractivity contribution in [1.82, 2.24) is 10.6 Å². The molecule has 3 aliphatic carbocycles. The Morgan fingerprint density at radius 2 is 1.44 bits per heavy atom. The maximum absolute atomic E-state index is 16.2. The number of ketones is 1. The molecule has 3 aromatic carbocycles. The summed E-state index contributed by atoms with van der Waals surface area (Å²) in [5.74, 6) is -7.38. The van der Waals surface area contributed by atoms with E-state index in [9.17, 15) is 48.6 Å². The molecular formula is C55H62N2O18S2. The van der Waals surface area contributed by atoms with E-state index in [2.05, 4.69) is 10.6 Å². The number of fused-ring (bicyclic) bond motifs is 5. The number of aliphatic hydroxyl groups is 2. The molecule has 0 radical (unpaired) electrons. The van der Waals surface area contributed by atoms with Crippen molar-refractivity contribution in [2.45, 2.75) is 121 Å². The molecule has 0 spiro atoms. The first-order valence-electron chi connectivity index (χ1n) is 24.8. The number of esters is 4. The van der Waals surface area contributed by atoms with Gasteiger partial charge in [0.1, 0.15) is 42.9 Å². The molecule has 77 heavy (non-hydrogen) atoms. The minimum absolute atomic E-state index is 0.00287. The van der Waals surface area contributed by atoms with Gasteiger partial charge in [-0.15, -0.1) is 0 Å². The van der Waals surface area contributed by atoms with Crippen LogP contribution in [0.15, 0.2) is 102 Å². The quantitative estimate of drug-likeness (QED) is 0.0307. The van der Waals surface area contributed by atoms with Crippen molar-refractivity contribution in [2.24, 2.45) is 16.7 Å². The summed E-state index contributed by atoms with van der Waals surface area (Å²) in [6.45, 7) is 8.71. The summed E-state index contributed by atoms with van der Waals surface area (Å²) in [5.41, 5.74) is -7.91. The van der Waals surface area contributed by atoms with Gasteiger partial charge >= 0.3 is 30.0 Å². The molecular weight excluding hydrogens is 1040 g/mol. The Morgan fingerprint density at radius 3 is 2.01 bits per heavy atom. The van der Waals surface area contributed by atoms with E-state index in [-0.39, 0.29) is 52.7 Å². The third-order valence-electron chi connectivity index (χ3n) is 15.0. The normalized spacial score (nSPS) is 28.1. The first-order valence-corrected chi connectivity index (χ1v) is 27.3. The molecule has 2 saturated carbocycles. The fraction of sp³-hybridized carbons (Fsp3) is 0.473. The zero-order chi connectivity index (χ0) is 56.0. The fourth-order valence-corrected chi connectivity index (χ4v) is 13.2. The van der Waals surface area contributed by atoms with Gasteiger partial charge in [0.15, 0.2) is 23.6 Å². The maximum atomic E-state index is 16.2. The summed E-state index contributed by atoms with van der Waals surface area (Å²) in [7, 11) is 2.47. The van der Waals surface area contributed by atoms with Gasteiger partial charge in [-0.3, -0.25) is 24.0 Å². The number of ether oxygens (including phenoxy) is 7. The summed E-state index contributed by atoms with van der Waals surface area (Å²) in [4.78, 5) is 122. The van der Waals surface area contributed by atoms with Crippen LogP contribution in [-0.2, 0) is 61.9 Å². The number of carbonyl (C=O) groups excluding carboxylic acids is 9. The summed E-state index contributed by atoms with van der Waals surface area (Å²) in [6.07, 6.45) is -12.0. The Labute approximate surface area is 452 Å². The molecule has 1 saturated heterocycles. The lowest BCUT2D eigenvalue weighted by Gasteiger charge is -2.67. The number of Topliss-reactive ketones (excluding diaryl/α,β-unsaturated/α-hetero) is 1. The van der Waals surface area contributed by atoms with Crippen LogP contribution in [0, 0.1) is 16.7 Å². The molecule has 2 bridgehead atoms. The second kappa shape index (κ2) is 24.0. The third kappa shape index (κ3) is 11.8. The molecule has 4 N–H and O–H groups in total. The predicted molar refractivity (Wildman–Crippen MR) is 276 cm³/mol. The van der Waals surface area contributed by atoms with E-state index < -0.39 is 131 Å². The molecule has 7 rings (SSSR count). The minimum atomic E-state index is -2.53. The molecule has 1 heterocycles. The van der Waals surface area contributed by atoms with Gasteiger partial charge in [0.2, 0.25) is 5.91 Å². The van der Waals surface area contributed by atoms with Crippen LogP contribution in [0.4, 0.5) is 4.79 Å². The monoisotopic (exact) mass is 1100 g/mol. The summed E-state index contributed by atoms with van der Waals surface area (Å²) in [6, 6.07) is 21.8. The molecule has 2 amide bonds. The van der Waals surface area contributed by atoms with E-state index in [0.29, 0.717) is 11.8 Å². The standard InChI is InChI=1S/C55H62N2O18S2/c1-30-38(72-50(66)43(62)42(34-17-11-8-12-18-34)57-48(64)35-19-13-9-14-20-35)26-55(68)47(74-49(65)36-21-15-10-16-22-36)45-53(7,46(63)44(71-32(3)60)41(30)52(55,5)6)39(25-40-54(45,29-70-40)75-33(4)61)73-51(67)69-23-24-76-77-28-37(27-58)56-31(2)59/h8-22,27,37-40,42-45,47,62,68H,23-26,28-29H2,1-7H3,(H,56,59)(H,57,64)/t37-,38+,39+,40-,42+,43-,44-,45?,47+,53-,54+,55-/m1/s1. The fourth-order valence-electron chi connectivity index (χ4n) is 11.2. The molecule has 3 fully saturated rings. The lowest BCUT2D eigenvalue weighted by molar-refractivity contribution is -0.346. The first kappa shape index (κ1) is 58.1. The van der Waals surface area contributed by atoms with Crippen LogP contribution in [0.25, 0.3) is 0 Å². The van der Waals surface area contributed by atoms with Gasteiger partial charge in [0, 0.05) is 56.1 Å². The van der Waals surface area contributed by atoms with Crippen LogP contribution >= 0.6 is 21.6 Å². The molecule has 0 aromatic heterocycles. The van der Waals surface area contributed by atoms with Crippen LogP contribution in [0.2, 0.25) is 0 Å². The number of amides is 2. The highest BCUT2D eigenvalue weighted by molar-refractivity contribution is 8.76. The van der Waals surface area contributed by atoms with Crippen LogP contribution < -0.4 is 10.6 Å². The number of nitrogens with one attached hydrogen (secondary N) is 2. The van der Waals surface area contributed by atoms with Crippen LogP contribution in [0.1, 0.15) is 93.6 Å². The van der Waals surface area contributed by atoms with Crippen molar-refractivity contribution >= 4 is 75.5 Å². The highest BCUT2D eigenvalue weighted by atomic mass is 33.1. The second-order valence-corrected chi connectivity index (χ2v) is 22.7. The number of rotatable bonds is 19. The Balaban J connectivity index is 1.33. The number of hydrogen-bond donors (Lipinski definition) is 4. The number of hydrogen-bond acceptors (Lipinski definition) is 20. The SMILES string of the molecule is CC(=O)N[C@H](C=O)CSSCCOC(=O)O[C@H]1C[C@H]2OC[C@@]2(OC(C)=O)C2[C@H](OC(=O)c3ccccc3)[C@]3(O)C[C@H](OC(=O)[C@H](O)[C@@H](NC(=O)c4ccccc4)c4ccccc4)C(C)=C([C@@H](OC(C)=O)C(=O)[C@@]21C)C3(C)C. The Morgan fingerprint density at radius 1 is 0.818 bits per heavy atom. The van der Waals surface area contributed by atoms with Crippen molar-refractivity contribution in [1.29, 1.82) is 0 Å². The molecule has 1 aliphatic heterocycles. The van der Waals surface area contributed by atoms with Crippen LogP contribution in [0.5, 0.6) is 0 Å². The molecule has 3 aromatic rings. The summed E-state index contributed by atoms with van der Waals surface area (Å²) in [5, 5.41) is 31.2.